The second-order valence-electron chi connectivity index (χ2n) is 12.6. The van der Waals surface area contributed by atoms with E-state index in [4.69, 9.17) is 9.47 Å². The summed E-state index contributed by atoms with van der Waals surface area (Å²) in [4.78, 5) is 11.7. The summed E-state index contributed by atoms with van der Waals surface area (Å²) in [6, 6.07) is 0. The molecule has 9 atom stereocenters. The van der Waals surface area contributed by atoms with Crippen molar-refractivity contribution in [3.8, 4) is 0 Å². The number of ether oxygens (including phenoxy) is 2. The molecule has 0 amide bonds. The van der Waals surface area contributed by atoms with Crippen LogP contribution >= 0.6 is 0 Å². The number of rotatable bonds is 1. The highest BCUT2D eigenvalue weighted by Crippen LogP contribution is 2.68. The van der Waals surface area contributed by atoms with Gasteiger partial charge in [-0.2, -0.15) is 5.06 Å². The first-order chi connectivity index (χ1) is 14.4. The second kappa shape index (κ2) is 6.91. The zero-order chi connectivity index (χ0) is 22.4. The van der Waals surface area contributed by atoms with Crippen molar-refractivity contribution >= 4 is 5.97 Å². The minimum atomic E-state index is -0.654. The number of aliphatic hydroxyl groups is 1. The number of esters is 1. The Labute approximate surface area is 186 Å². The van der Waals surface area contributed by atoms with Crippen LogP contribution < -0.4 is 0 Å². The van der Waals surface area contributed by atoms with Gasteiger partial charge in [0.1, 0.15) is 11.8 Å². The number of carbonyl (C=O) groups is 1. The summed E-state index contributed by atoms with van der Waals surface area (Å²) in [6.45, 7) is 10.8. The van der Waals surface area contributed by atoms with Crippen LogP contribution in [0, 0.1) is 34.5 Å². The minimum absolute atomic E-state index is 0.0188. The fraction of sp³-hybridized carbons (Fsp3) is 0.960. The molecule has 1 aliphatic heterocycles. The third-order valence-corrected chi connectivity index (χ3v) is 10.6. The summed E-state index contributed by atoms with van der Waals surface area (Å²) in [5.74, 6) is 1.54. The number of hydrogen-bond acceptors (Lipinski definition) is 6. The molecule has 0 aromatic rings. The topological polar surface area (TPSA) is 79.2 Å². The van der Waals surface area contributed by atoms with E-state index >= 15 is 0 Å². The van der Waals surface area contributed by atoms with Crippen molar-refractivity contribution in [1.29, 1.82) is 0 Å². The number of hydrogen-bond donors (Lipinski definition) is 2. The maximum absolute atomic E-state index is 11.7. The molecule has 5 fully saturated rings. The van der Waals surface area contributed by atoms with Crippen molar-refractivity contribution in [2.24, 2.45) is 34.5 Å². The SMILES string of the molecule is CC(=O)O[C@H]1CC[C@H]2[C@@H]3C[C@H](O)C4CC5(CC[C@]4(C)[C@H]3CC[C@]12C)OCC(C)(C)N5O. The Bertz CT molecular complexity index is 756. The summed E-state index contributed by atoms with van der Waals surface area (Å²) < 4.78 is 12.0. The van der Waals surface area contributed by atoms with Crippen LogP contribution in [0.25, 0.3) is 0 Å². The van der Waals surface area contributed by atoms with Crippen molar-refractivity contribution in [2.75, 3.05) is 6.61 Å². The first-order valence-electron chi connectivity index (χ1n) is 12.4. The number of hydroxylamine groups is 2. The van der Waals surface area contributed by atoms with E-state index in [2.05, 4.69) is 13.8 Å². The molecule has 5 aliphatic rings. The monoisotopic (exact) mass is 435 g/mol. The molecule has 0 aromatic carbocycles. The van der Waals surface area contributed by atoms with E-state index in [0.717, 1.165) is 44.9 Å². The lowest BCUT2D eigenvalue weighted by atomic mass is 9.44. The number of nitrogens with zero attached hydrogens (tertiary/aromatic N) is 1. The van der Waals surface area contributed by atoms with Crippen LogP contribution in [0.1, 0.15) is 86.0 Å². The van der Waals surface area contributed by atoms with Gasteiger partial charge in [0.05, 0.1) is 18.2 Å². The van der Waals surface area contributed by atoms with Crippen LogP contribution in [0.5, 0.6) is 0 Å². The van der Waals surface area contributed by atoms with Crippen molar-refractivity contribution in [2.45, 2.75) is 109 Å². The Balaban J connectivity index is 1.40. The Morgan fingerprint density at radius 3 is 2.35 bits per heavy atom. The van der Waals surface area contributed by atoms with E-state index < -0.39 is 11.3 Å². The molecule has 1 spiro atoms. The first kappa shape index (κ1) is 22.1. The zero-order valence-corrected chi connectivity index (χ0v) is 19.9. The molecule has 176 valence electrons. The van der Waals surface area contributed by atoms with E-state index in [1.807, 2.05) is 13.8 Å². The van der Waals surface area contributed by atoms with E-state index in [0.29, 0.717) is 30.8 Å². The highest BCUT2D eigenvalue weighted by Gasteiger charge is 2.66. The van der Waals surface area contributed by atoms with Crippen LogP contribution in [0.2, 0.25) is 0 Å². The van der Waals surface area contributed by atoms with Gasteiger partial charge in [0.25, 0.3) is 0 Å². The fourth-order valence-corrected chi connectivity index (χ4v) is 8.90. The van der Waals surface area contributed by atoms with Crippen LogP contribution in [-0.4, -0.2) is 51.4 Å². The summed E-state index contributed by atoms with van der Waals surface area (Å²) >= 11 is 0. The molecule has 2 N–H and O–H groups in total. The molecule has 6 nitrogen and oxygen atoms in total. The lowest BCUT2D eigenvalue weighted by Crippen LogP contribution is -2.63. The van der Waals surface area contributed by atoms with Gasteiger partial charge >= 0.3 is 5.97 Å². The average molecular weight is 436 g/mol. The van der Waals surface area contributed by atoms with Crippen LogP contribution in [-0.2, 0) is 14.3 Å². The summed E-state index contributed by atoms with van der Waals surface area (Å²) in [5.41, 5.74) is -0.950. The Morgan fingerprint density at radius 1 is 1.00 bits per heavy atom. The Kier molecular flexibility index (Phi) is 4.93. The highest BCUT2D eigenvalue weighted by atomic mass is 16.6. The van der Waals surface area contributed by atoms with Crippen molar-refractivity contribution in [3.05, 3.63) is 0 Å². The molecule has 1 heterocycles. The molecular weight excluding hydrogens is 394 g/mol. The summed E-state index contributed by atoms with van der Waals surface area (Å²) in [7, 11) is 0. The molecule has 6 heteroatoms. The summed E-state index contributed by atoms with van der Waals surface area (Å²) in [6.07, 6.45) is 7.22. The van der Waals surface area contributed by atoms with Gasteiger partial charge in [-0.05, 0) is 94.3 Å². The van der Waals surface area contributed by atoms with Crippen molar-refractivity contribution in [1.82, 2.24) is 5.06 Å². The predicted octanol–water partition coefficient (Wildman–Crippen LogP) is 4.13. The third kappa shape index (κ3) is 3.00. The lowest BCUT2D eigenvalue weighted by molar-refractivity contribution is -0.292. The number of carbonyl (C=O) groups excluding carboxylic acids is 1. The highest BCUT2D eigenvalue weighted by molar-refractivity contribution is 5.66. The van der Waals surface area contributed by atoms with E-state index in [-0.39, 0.29) is 34.9 Å². The molecule has 5 rings (SSSR count). The van der Waals surface area contributed by atoms with E-state index in [9.17, 15) is 15.1 Å². The maximum atomic E-state index is 11.7. The first-order valence-corrected chi connectivity index (χ1v) is 12.4. The van der Waals surface area contributed by atoms with Gasteiger partial charge in [-0.3, -0.25) is 4.79 Å². The molecule has 0 radical (unpaired) electrons. The van der Waals surface area contributed by atoms with Gasteiger partial charge in [0, 0.05) is 12.3 Å². The Morgan fingerprint density at radius 2 is 1.71 bits per heavy atom. The third-order valence-electron chi connectivity index (χ3n) is 10.6. The molecule has 0 bridgehead atoms. The van der Waals surface area contributed by atoms with Gasteiger partial charge in [-0.25, -0.2) is 0 Å². The standard InChI is InChI=1S/C25H41NO5/c1-15(27)31-21-7-6-17-16-12-20(28)19-13-25(26(29)22(2,3)14-30-25)11-10-23(19,4)18(16)8-9-24(17,21)5/h16-21,28-29H,6-14H2,1-5H3/t16-,17-,18-,19?,20-,21-,23+,24-,25?/m0/s1. The van der Waals surface area contributed by atoms with E-state index in [1.54, 1.807) is 0 Å². The molecule has 4 saturated carbocycles. The van der Waals surface area contributed by atoms with Crippen LogP contribution in [0.3, 0.4) is 0 Å². The predicted molar refractivity (Wildman–Crippen MR) is 115 cm³/mol. The Hall–Kier alpha value is -0.690. The maximum Gasteiger partial charge on any atom is 0.302 e. The molecule has 4 aliphatic carbocycles. The van der Waals surface area contributed by atoms with Gasteiger partial charge in [-0.15, -0.1) is 0 Å². The molecule has 2 unspecified atom stereocenters. The average Bonchev–Trinajstić information content (AvgIpc) is 3.13. The number of aliphatic hydroxyl groups excluding tert-OH is 1. The van der Waals surface area contributed by atoms with Crippen molar-refractivity contribution in [3.63, 3.8) is 0 Å². The largest absolute Gasteiger partial charge is 0.462 e. The van der Waals surface area contributed by atoms with Gasteiger partial charge < -0.3 is 19.8 Å². The zero-order valence-electron chi connectivity index (χ0n) is 19.9. The van der Waals surface area contributed by atoms with Crippen molar-refractivity contribution < 1.29 is 24.6 Å². The summed E-state index contributed by atoms with van der Waals surface area (Å²) in [5, 5.41) is 23.9. The molecule has 0 aromatic heterocycles. The van der Waals surface area contributed by atoms with Gasteiger partial charge in [0.2, 0.25) is 0 Å². The molecular formula is C25H41NO5. The molecule has 31 heavy (non-hydrogen) atoms. The lowest BCUT2D eigenvalue weighted by Gasteiger charge is -2.63. The quantitative estimate of drug-likeness (QED) is 0.603. The molecule has 1 saturated heterocycles. The minimum Gasteiger partial charge on any atom is -0.462 e. The second-order valence-corrected chi connectivity index (χ2v) is 12.6. The smallest absolute Gasteiger partial charge is 0.302 e. The van der Waals surface area contributed by atoms with Crippen LogP contribution in [0.4, 0.5) is 0 Å². The van der Waals surface area contributed by atoms with E-state index in [1.165, 1.54) is 12.0 Å². The van der Waals surface area contributed by atoms with Gasteiger partial charge in [-0.1, -0.05) is 13.8 Å². The normalized spacial score (nSPS) is 53.6. The number of fused-ring (bicyclic) bond motifs is 5. The van der Waals surface area contributed by atoms with Gasteiger partial charge in [0.15, 0.2) is 0 Å². The van der Waals surface area contributed by atoms with Crippen LogP contribution in [0.15, 0.2) is 0 Å². The fourth-order valence-electron chi connectivity index (χ4n) is 8.90.